The molecule has 0 bridgehead atoms. The van der Waals surface area contributed by atoms with Gasteiger partial charge in [0, 0.05) is 6.54 Å². The van der Waals surface area contributed by atoms with Gasteiger partial charge in [-0.25, -0.2) is 9.48 Å². The lowest BCUT2D eigenvalue weighted by atomic mass is 10.2. The topological polar surface area (TPSA) is 69.5 Å². The van der Waals surface area contributed by atoms with Gasteiger partial charge >= 0.3 is 12.0 Å². The van der Waals surface area contributed by atoms with Gasteiger partial charge in [0.1, 0.15) is 6.04 Å². The van der Waals surface area contributed by atoms with Crippen LogP contribution < -0.4 is 9.64 Å². The van der Waals surface area contributed by atoms with Crippen LogP contribution in [0.2, 0.25) is 0 Å². The van der Waals surface area contributed by atoms with Crippen molar-refractivity contribution < 1.29 is 14.3 Å². The number of carbonyl (C=O) groups excluding carboxylic acids is 1. The van der Waals surface area contributed by atoms with Crippen LogP contribution >= 0.6 is 0 Å². The van der Waals surface area contributed by atoms with E-state index in [-0.39, 0.29) is 5.97 Å². The quantitative estimate of drug-likeness (QED) is 0.777. The molecule has 7 heteroatoms. The first-order chi connectivity index (χ1) is 10.2. The van der Waals surface area contributed by atoms with Crippen LogP contribution in [0.1, 0.15) is 5.56 Å². The number of methoxy groups -OCH3 is 2. The van der Waals surface area contributed by atoms with Crippen LogP contribution in [0.5, 0.6) is 6.01 Å². The number of fused-ring (bicyclic) bond motifs is 1. The number of anilines is 1. The molecule has 7 nitrogen and oxygen atoms in total. The van der Waals surface area contributed by atoms with Crippen molar-refractivity contribution in [3.63, 3.8) is 0 Å². The number of aromatic nitrogens is 3. The molecule has 1 aromatic carbocycles. The molecule has 0 aliphatic carbocycles. The fourth-order valence-corrected chi connectivity index (χ4v) is 2.44. The summed E-state index contributed by atoms with van der Waals surface area (Å²) in [5.41, 5.74) is 1.09. The number of hydrogen-bond donors (Lipinski definition) is 0. The molecule has 3 rings (SSSR count). The Morgan fingerprint density at radius 3 is 2.76 bits per heavy atom. The molecule has 110 valence electrons. The molecule has 1 aliphatic heterocycles. The molecule has 0 radical (unpaired) electrons. The van der Waals surface area contributed by atoms with Crippen molar-refractivity contribution in [1.82, 2.24) is 14.8 Å². The summed E-state index contributed by atoms with van der Waals surface area (Å²) >= 11 is 0. The first-order valence-electron chi connectivity index (χ1n) is 6.60. The third-order valence-electron chi connectivity index (χ3n) is 3.46. The van der Waals surface area contributed by atoms with Crippen molar-refractivity contribution >= 4 is 11.9 Å². The van der Waals surface area contributed by atoms with E-state index in [1.54, 1.807) is 4.68 Å². The first kappa shape index (κ1) is 13.4. The minimum Gasteiger partial charge on any atom is -0.467 e. The van der Waals surface area contributed by atoms with Crippen LogP contribution in [-0.2, 0) is 22.6 Å². The second-order valence-corrected chi connectivity index (χ2v) is 4.73. The largest absolute Gasteiger partial charge is 0.467 e. The fourth-order valence-electron chi connectivity index (χ4n) is 2.44. The molecule has 0 amide bonds. The SMILES string of the molecule is COC(=O)C1Cn2nc(OC)nc2N1Cc1ccccc1. The smallest absolute Gasteiger partial charge is 0.337 e. The maximum atomic E-state index is 12.0. The van der Waals surface area contributed by atoms with Crippen molar-refractivity contribution in [3.8, 4) is 6.01 Å². The Balaban J connectivity index is 1.92. The zero-order chi connectivity index (χ0) is 14.8. The summed E-state index contributed by atoms with van der Waals surface area (Å²) in [6.45, 7) is 0.966. The minimum atomic E-state index is -0.420. The number of rotatable bonds is 4. The Kier molecular flexibility index (Phi) is 3.47. The molecule has 0 saturated heterocycles. The van der Waals surface area contributed by atoms with Gasteiger partial charge in [-0.05, 0) is 5.56 Å². The first-order valence-corrected chi connectivity index (χ1v) is 6.60. The summed E-state index contributed by atoms with van der Waals surface area (Å²) in [4.78, 5) is 18.2. The standard InChI is InChI=1S/C14H16N4O3/c1-20-12(19)11-9-18-14(15-13(16-18)21-2)17(11)8-10-6-4-3-5-7-10/h3-7,11H,8-9H2,1-2H3. The average Bonchev–Trinajstić information content (AvgIpc) is 3.06. The van der Waals surface area contributed by atoms with Crippen molar-refractivity contribution in [2.75, 3.05) is 19.1 Å². The number of benzene rings is 1. The van der Waals surface area contributed by atoms with E-state index in [4.69, 9.17) is 9.47 Å². The van der Waals surface area contributed by atoms with Crippen LogP contribution in [0.3, 0.4) is 0 Å². The molecule has 2 aromatic rings. The van der Waals surface area contributed by atoms with Gasteiger partial charge in [-0.1, -0.05) is 30.3 Å². The summed E-state index contributed by atoms with van der Waals surface area (Å²) < 4.78 is 11.6. The predicted octanol–water partition coefficient (Wildman–Crippen LogP) is 0.848. The Morgan fingerprint density at radius 2 is 2.10 bits per heavy atom. The highest BCUT2D eigenvalue weighted by Gasteiger charge is 2.38. The van der Waals surface area contributed by atoms with Crippen molar-refractivity contribution in [3.05, 3.63) is 35.9 Å². The van der Waals surface area contributed by atoms with Gasteiger partial charge < -0.3 is 14.4 Å². The summed E-state index contributed by atoms with van der Waals surface area (Å²) in [5.74, 6) is 0.323. The molecule has 0 fully saturated rings. The van der Waals surface area contributed by atoms with E-state index in [1.165, 1.54) is 14.2 Å². The molecule has 2 heterocycles. The molecule has 1 aromatic heterocycles. The predicted molar refractivity (Wildman–Crippen MR) is 75.0 cm³/mol. The highest BCUT2D eigenvalue weighted by Crippen LogP contribution is 2.28. The lowest BCUT2D eigenvalue weighted by Crippen LogP contribution is -2.39. The summed E-state index contributed by atoms with van der Waals surface area (Å²) in [7, 11) is 2.91. The molecule has 1 unspecified atom stereocenters. The van der Waals surface area contributed by atoms with Crippen molar-refractivity contribution in [2.45, 2.75) is 19.1 Å². The summed E-state index contributed by atoms with van der Waals surface area (Å²) in [5, 5.41) is 4.20. The van der Waals surface area contributed by atoms with E-state index < -0.39 is 6.04 Å². The van der Waals surface area contributed by atoms with Crippen LogP contribution in [0.15, 0.2) is 30.3 Å². The maximum absolute atomic E-state index is 12.0. The van der Waals surface area contributed by atoms with E-state index in [0.717, 1.165) is 5.56 Å². The Bertz CT molecular complexity index is 641. The second-order valence-electron chi connectivity index (χ2n) is 4.73. The van der Waals surface area contributed by atoms with Gasteiger partial charge in [0.2, 0.25) is 5.95 Å². The van der Waals surface area contributed by atoms with Gasteiger partial charge in [0.15, 0.2) is 0 Å². The normalized spacial score (nSPS) is 16.7. The van der Waals surface area contributed by atoms with Gasteiger partial charge in [-0.15, -0.1) is 5.10 Å². The van der Waals surface area contributed by atoms with E-state index >= 15 is 0 Å². The van der Waals surface area contributed by atoms with E-state index in [2.05, 4.69) is 10.1 Å². The van der Waals surface area contributed by atoms with Crippen molar-refractivity contribution in [1.29, 1.82) is 0 Å². The zero-order valence-corrected chi connectivity index (χ0v) is 11.9. The average molecular weight is 288 g/mol. The van der Waals surface area contributed by atoms with E-state index in [0.29, 0.717) is 25.0 Å². The second kappa shape index (κ2) is 5.43. The molecule has 0 spiro atoms. The van der Waals surface area contributed by atoms with Gasteiger partial charge in [-0.2, -0.15) is 4.98 Å². The Morgan fingerprint density at radius 1 is 1.33 bits per heavy atom. The van der Waals surface area contributed by atoms with E-state index in [1.807, 2.05) is 35.2 Å². The summed E-state index contributed by atoms with van der Waals surface area (Å²) in [6.07, 6.45) is 0. The van der Waals surface area contributed by atoms with Crippen molar-refractivity contribution in [2.24, 2.45) is 0 Å². The zero-order valence-electron chi connectivity index (χ0n) is 11.9. The molecule has 21 heavy (non-hydrogen) atoms. The molecule has 1 atom stereocenters. The lowest BCUT2D eigenvalue weighted by molar-refractivity contribution is -0.142. The monoisotopic (exact) mass is 288 g/mol. The highest BCUT2D eigenvalue weighted by molar-refractivity contribution is 5.80. The highest BCUT2D eigenvalue weighted by atomic mass is 16.5. The molecule has 0 saturated carbocycles. The maximum Gasteiger partial charge on any atom is 0.337 e. The van der Waals surface area contributed by atoms with E-state index in [9.17, 15) is 4.79 Å². The summed E-state index contributed by atoms with van der Waals surface area (Å²) in [6, 6.07) is 9.77. The number of nitrogens with zero attached hydrogens (tertiary/aromatic N) is 4. The third-order valence-corrected chi connectivity index (χ3v) is 3.46. The van der Waals surface area contributed by atoms with Crippen LogP contribution in [-0.4, -0.2) is 41.0 Å². The number of carbonyl (C=O) groups is 1. The fraction of sp³-hybridized carbons (Fsp3) is 0.357. The van der Waals surface area contributed by atoms with Crippen LogP contribution in [0, 0.1) is 0 Å². The van der Waals surface area contributed by atoms with Crippen LogP contribution in [0.4, 0.5) is 5.95 Å². The molecular weight excluding hydrogens is 272 g/mol. The Hall–Kier alpha value is -2.57. The molecular formula is C14H16N4O3. The lowest BCUT2D eigenvalue weighted by Gasteiger charge is -2.22. The number of hydrogen-bond acceptors (Lipinski definition) is 6. The number of ether oxygens (including phenoxy) is 2. The van der Waals surface area contributed by atoms with Gasteiger partial charge in [-0.3, -0.25) is 0 Å². The molecule has 1 aliphatic rings. The minimum absolute atomic E-state index is 0.294. The Labute approximate surface area is 122 Å². The van der Waals surface area contributed by atoms with Gasteiger partial charge in [0.05, 0.1) is 20.8 Å². The number of esters is 1. The van der Waals surface area contributed by atoms with Gasteiger partial charge in [0.25, 0.3) is 0 Å². The van der Waals surface area contributed by atoms with Crippen LogP contribution in [0.25, 0.3) is 0 Å². The molecule has 0 N–H and O–H groups in total. The third kappa shape index (κ3) is 2.42.